The van der Waals surface area contributed by atoms with E-state index in [1.54, 1.807) is 0 Å². The molecule has 6 rings (SSSR count). The van der Waals surface area contributed by atoms with E-state index in [0.29, 0.717) is 0 Å². The predicted molar refractivity (Wildman–Crippen MR) is 122 cm³/mol. The van der Waals surface area contributed by atoms with E-state index >= 15 is 0 Å². The average Bonchev–Trinajstić information content (AvgIpc) is 2.96. The number of aryl methyl sites for hydroxylation is 1. The zero-order valence-corrected chi connectivity index (χ0v) is 17.0. The molecule has 4 aromatic rings. The van der Waals surface area contributed by atoms with E-state index < -0.39 is 0 Å². The van der Waals surface area contributed by atoms with Crippen LogP contribution in [0.2, 0.25) is 0 Å². The second-order valence-corrected chi connectivity index (χ2v) is 8.59. The summed E-state index contributed by atoms with van der Waals surface area (Å²) in [4.78, 5) is 10.5. The van der Waals surface area contributed by atoms with Gasteiger partial charge in [-0.1, -0.05) is 42.8 Å². The Hall–Kier alpha value is -2.59. The Balaban J connectivity index is 1.55. The van der Waals surface area contributed by atoms with Gasteiger partial charge in [-0.15, -0.1) is 0 Å². The molecule has 0 amide bonds. The minimum atomic E-state index is 1.07. The Labute approximate surface area is 171 Å². The molecule has 0 N–H and O–H groups in total. The molecule has 29 heavy (non-hydrogen) atoms. The first kappa shape index (κ1) is 17.3. The minimum Gasteiger partial charge on any atom is -0.368 e. The molecule has 2 aromatic heterocycles. The van der Waals surface area contributed by atoms with Gasteiger partial charge >= 0.3 is 0 Å². The molecule has 0 radical (unpaired) electrons. The molecular formula is C25H28N4. The molecule has 4 heteroatoms. The van der Waals surface area contributed by atoms with Crippen molar-refractivity contribution in [1.82, 2.24) is 14.5 Å². The Bertz CT molecular complexity index is 1190. The van der Waals surface area contributed by atoms with Crippen molar-refractivity contribution in [3.63, 3.8) is 0 Å². The third-order valence-corrected chi connectivity index (χ3v) is 6.82. The molecule has 0 unspecified atom stereocenters. The van der Waals surface area contributed by atoms with Crippen molar-refractivity contribution >= 4 is 38.5 Å². The van der Waals surface area contributed by atoms with Crippen LogP contribution in [0.25, 0.3) is 32.8 Å². The zero-order valence-electron chi connectivity index (χ0n) is 17.0. The van der Waals surface area contributed by atoms with Gasteiger partial charge in [0, 0.05) is 37.0 Å². The van der Waals surface area contributed by atoms with Crippen LogP contribution in [-0.4, -0.2) is 47.2 Å². The number of rotatable bonds is 3. The number of benzene rings is 2. The van der Waals surface area contributed by atoms with E-state index in [4.69, 9.17) is 4.98 Å². The van der Waals surface area contributed by atoms with Gasteiger partial charge in [-0.05, 0) is 44.5 Å². The van der Waals surface area contributed by atoms with Gasteiger partial charge in [0.2, 0.25) is 0 Å². The Morgan fingerprint density at radius 3 is 2.41 bits per heavy atom. The summed E-state index contributed by atoms with van der Waals surface area (Å²) in [6.45, 7) is 6.98. The highest BCUT2D eigenvalue weighted by Gasteiger charge is 2.24. The van der Waals surface area contributed by atoms with E-state index in [-0.39, 0.29) is 0 Å². The number of pyridine rings is 1. The van der Waals surface area contributed by atoms with Gasteiger partial charge in [0.15, 0.2) is 0 Å². The molecule has 2 aliphatic heterocycles. The van der Waals surface area contributed by atoms with Crippen molar-refractivity contribution in [3.05, 3.63) is 48.5 Å². The Kier molecular flexibility index (Phi) is 4.19. The summed E-state index contributed by atoms with van der Waals surface area (Å²) in [6.07, 6.45) is 5.29. The lowest BCUT2D eigenvalue weighted by Gasteiger charge is -2.31. The fourth-order valence-electron chi connectivity index (χ4n) is 5.41. The first-order valence-electron chi connectivity index (χ1n) is 11.2. The zero-order chi connectivity index (χ0) is 19.2. The van der Waals surface area contributed by atoms with Gasteiger partial charge in [-0.3, -0.25) is 0 Å². The highest BCUT2D eigenvalue weighted by atomic mass is 15.2. The predicted octanol–water partition coefficient (Wildman–Crippen LogP) is 5.04. The summed E-state index contributed by atoms with van der Waals surface area (Å²) in [5.74, 6) is 0. The maximum absolute atomic E-state index is 5.14. The van der Waals surface area contributed by atoms with E-state index in [2.05, 4.69) is 62.9 Å². The van der Waals surface area contributed by atoms with Crippen LogP contribution >= 0.6 is 0 Å². The van der Waals surface area contributed by atoms with Crippen LogP contribution < -0.4 is 4.90 Å². The van der Waals surface area contributed by atoms with E-state index in [1.807, 2.05) is 0 Å². The summed E-state index contributed by atoms with van der Waals surface area (Å²) in [5, 5.41) is 2.58. The second kappa shape index (κ2) is 7.03. The lowest BCUT2D eigenvalue weighted by Crippen LogP contribution is -2.38. The van der Waals surface area contributed by atoms with Crippen LogP contribution in [0.4, 0.5) is 5.69 Å². The normalized spacial score (nSPS) is 18.0. The van der Waals surface area contributed by atoms with Crippen LogP contribution in [0, 0.1) is 0 Å². The first-order valence-corrected chi connectivity index (χ1v) is 11.2. The largest absolute Gasteiger partial charge is 0.368 e. The number of nitrogens with zero attached hydrogens (tertiary/aromatic N) is 4. The number of fused-ring (bicyclic) bond motifs is 5. The fourth-order valence-corrected chi connectivity index (χ4v) is 5.41. The number of aromatic nitrogens is 2. The summed E-state index contributed by atoms with van der Waals surface area (Å²) >= 11 is 0. The molecule has 0 atom stereocenters. The molecule has 0 aliphatic carbocycles. The Morgan fingerprint density at radius 2 is 1.52 bits per heavy atom. The number of hydrogen-bond acceptors (Lipinski definition) is 3. The molecule has 0 saturated carbocycles. The van der Waals surface area contributed by atoms with Crippen molar-refractivity contribution in [3.8, 4) is 0 Å². The lowest BCUT2D eigenvalue weighted by atomic mass is 10.1. The number of anilines is 1. The molecule has 4 heterocycles. The molecule has 4 nitrogen and oxygen atoms in total. The Morgan fingerprint density at radius 1 is 0.724 bits per heavy atom. The molecule has 148 valence electrons. The fraction of sp³-hybridized carbons (Fsp3) is 0.400. The van der Waals surface area contributed by atoms with Crippen LogP contribution in [-0.2, 0) is 6.54 Å². The van der Waals surface area contributed by atoms with Crippen LogP contribution in [0.1, 0.15) is 25.7 Å². The second-order valence-electron chi connectivity index (χ2n) is 8.59. The maximum Gasteiger partial charge on any atom is 0.0988 e. The maximum atomic E-state index is 5.14. The van der Waals surface area contributed by atoms with Crippen molar-refractivity contribution in [2.45, 2.75) is 32.2 Å². The lowest BCUT2D eigenvalue weighted by molar-refractivity contribution is 0.233. The van der Waals surface area contributed by atoms with Crippen LogP contribution in [0.3, 0.4) is 0 Å². The van der Waals surface area contributed by atoms with Gasteiger partial charge < -0.3 is 14.4 Å². The van der Waals surface area contributed by atoms with Gasteiger partial charge in [0.1, 0.15) is 0 Å². The van der Waals surface area contributed by atoms with Gasteiger partial charge in [0.05, 0.1) is 27.8 Å². The molecular weight excluding hydrogens is 356 g/mol. The topological polar surface area (TPSA) is 24.3 Å². The summed E-state index contributed by atoms with van der Waals surface area (Å²) in [7, 11) is 0. The summed E-state index contributed by atoms with van der Waals surface area (Å²) < 4.78 is 2.53. The molecule has 0 bridgehead atoms. The van der Waals surface area contributed by atoms with Gasteiger partial charge in [0.25, 0.3) is 0 Å². The third kappa shape index (κ3) is 2.81. The van der Waals surface area contributed by atoms with Crippen LogP contribution in [0.15, 0.2) is 48.5 Å². The molecule has 1 fully saturated rings. The van der Waals surface area contributed by atoms with Crippen molar-refractivity contribution in [2.24, 2.45) is 0 Å². The highest BCUT2D eigenvalue weighted by molar-refractivity contribution is 6.16. The summed E-state index contributed by atoms with van der Waals surface area (Å²) in [6, 6.07) is 17.5. The average molecular weight is 385 g/mol. The van der Waals surface area contributed by atoms with Crippen molar-refractivity contribution in [1.29, 1.82) is 0 Å². The molecule has 0 spiro atoms. The number of hydrogen-bond donors (Lipinski definition) is 0. The van der Waals surface area contributed by atoms with E-state index in [1.165, 1.54) is 78.3 Å². The molecule has 1 saturated heterocycles. The monoisotopic (exact) mass is 384 g/mol. The van der Waals surface area contributed by atoms with Gasteiger partial charge in [-0.2, -0.15) is 0 Å². The number of piperidine rings is 1. The third-order valence-electron chi connectivity index (χ3n) is 6.82. The van der Waals surface area contributed by atoms with Crippen molar-refractivity contribution in [2.75, 3.05) is 37.6 Å². The van der Waals surface area contributed by atoms with E-state index in [9.17, 15) is 0 Å². The number of para-hydroxylation sites is 2. The van der Waals surface area contributed by atoms with Gasteiger partial charge in [-0.25, -0.2) is 4.98 Å². The standard InChI is InChI=1S/C25H28N4/c1-6-13-27(14-7-1)17-18-28-15-8-16-29-22-12-5-3-10-20(22)23-25(29)24(28)19-9-2-4-11-21(19)26-23/h2-5,9-12H,1,6-8,13-18H2. The van der Waals surface area contributed by atoms with Crippen LogP contribution in [0.5, 0.6) is 0 Å². The first-order chi connectivity index (χ1) is 14.4. The van der Waals surface area contributed by atoms with E-state index in [0.717, 1.165) is 25.2 Å². The van der Waals surface area contributed by atoms with Crippen molar-refractivity contribution < 1.29 is 0 Å². The molecule has 2 aliphatic rings. The number of likely N-dealkylation sites (tertiary alicyclic amines) is 1. The summed E-state index contributed by atoms with van der Waals surface area (Å²) in [5.41, 5.74) is 6.34. The quantitative estimate of drug-likeness (QED) is 0.495. The SMILES string of the molecule is c1ccc2c3c4c(nc2c1)c1ccccc1n4CCCN3CCN1CCCCC1. The molecule has 2 aromatic carbocycles. The minimum absolute atomic E-state index is 1.07. The highest BCUT2D eigenvalue weighted by Crippen LogP contribution is 2.40. The smallest absolute Gasteiger partial charge is 0.0988 e.